The molecule has 2 saturated carbocycles. The molecular formula is C15H22O3. The van der Waals surface area contributed by atoms with Crippen LogP contribution in [0.5, 0.6) is 0 Å². The van der Waals surface area contributed by atoms with Gasteiger partial charge in [-0.15, -0.1) is 0 Å². The molecule has 0 radical (unpaired) electrons. The summed E-state index contributed by atoms with van der Waals surface area (Å²) in [5.41, 5.74) is 1.50. The van der Waals surface area contributed by atoms with E-state index in [0.717, 1.165) is 31.3 Å². The van der Waals surface area contributed by atoms with E-state index >= 15 is 0 Å². The maximum atomic E-state index is 11.0. The molecule has 2 fully saturated rings. The van der Waals surface area contributed by atoms with Crippen LogP contribution < -0.4 is 0 Å². The van der Waals surface area contributed by atoms with Gasteiger partial charge in [-0.3, -0.25) is 0 Å². The van der Waals surface area contributed by atoms with E-state index in [9.17, 15) is 9.90 Å². The van der Waals surface area contributed by atoms with Crippen LogP contribution >= 0.6 is 0 Å². The molecule has 0 bridgehead atoms. The van der Waals surface area contributed by atoms with Gasteiger partial charge in [-0.05, 0) is 49.4 Å². The molecule has 2 N–H and O–H groups in total. The summed E-state index contributed by atoms with van der Waals surface area (Å²) in [6.07, 6.45) is 3.82. The van der Waals surface area contributed by atoms with Crippen molar-refractivity contribution in [1.82, 2.24) is 0 Å². The fourth-order valence-corrected chi connectivity index (χ4v) is 3.82. The predicted octanol–water partition coefficient (Wildman–Crippen LogP) is 2.76. The molecule has 18 heavy (non-hydrogen) atoms. The second kappa shape index (κ2) is 4.54. The summed E-state index contributed by atoms with van der Waals surface area (Å²) in [6.45, 7) is 9.99. The molecule has 0 aromatic heterocycles. The highest BCUT2D eigenvalue weighted by molar-refractivity contribution is 5.86. The molecule has 0 aromatic carbocycles. The van der Waals surface area contributed by atoms with Gasteiger partial charge in [-0.25, -0.2) is 4.79 Å². The molecule has 2 aliphatic rings. The molecule has 0 saturated heterocycles. The van der Waals surface area contributed by atoms with Crippen LogP contribution in [-0.2, 0) is 4.79 Å². The Morgan fingerprint density at radius 3 is 2.78 bits per heavy atom. The first kappa shape index (κ1) is 13.3. The minimum absolute atomic E-state index is 0.0626. The van der Waals surface area contributed by atoms with Crippen molar-refractivity contribution >= 4 is 5.97 Å². The van der Waals surface area contributed by atoms with Crippen molar-refractivity contribution in [2.24, 2.45) is 17.3 Å². The summed E-state index contributed by atoms with van der Waals surface area (Å²) in [7, 11) is 0. The van der Waals surface area contributed by atoms with Gasteiger partial charge in [-0.2, -0.15) is 0 Å². The van der Waals surface area contributed by atoms with Crippen molar-refractivity contribution in [3.8, 4) is 0 Å². The molecule has 0 aromatic rings. The molecule has 0 aliphatic heterocycles. The highest BCUT2D eigenvalue weighted by Crippen LogP contribution is 2.54. The Morgan fingerprint density at radius 1 is 1.50 bits per heavy atom. The Kier molecular flexibility index (Phi) is 3.37. The van der Waals surface area contributed by atoms with E-state index in [2.05, 4.69) is 20.1 Å². The average Bonchev–Trinajstić information content (AvgIpc) is 2.26. The number of carboxylic acids is 1. The third-order valence-electron chi connectivity index (χ3n) is 4.89. The van der Waals surface area contributed by atoms with Crippen molar-refractivity contribution in [3.63, 3.8) is 0 Å². The van der Waals surface area contributed by atoms with E-state index in [0.29, 0.717) is 17.9 Å². The van der Waals surface area contributed by atoms with Crippen LogP contribution in [-0.4, -0.2) is 22.3 Å². The first-order chi connectivity index (χ1) is 8.33. The van der Waals surface area contributed by atoms with Crippen LogP contribution in [0.1, 0.15) is 39.0 Å². The minimum Gasteiger partial charge on any atom is -0.478 e. The van der Waals surface area contributed by atoms with E-state index in [1.807, 2.05) is 0 Å². The van der Waals surface area contributed by atoms with Crippen LogP contribution in [0.4, 0.5) is 0 Å². The zero-order valence-corrected chi connectivity index (χ0v) is 11.0. The normalized spacial score (nSPS) is 40.1. The standard InChI is InChI=1S/C15H22O3/c1-9-6-12(16)8-15(3)5-4-11(7-13(9)15)10(2)14(17)18/h11-13,16H,1-2,4-8H2,3H3,(H,17,18)/t11-,12-,13+,15+/m0/s1. The first-order valence-corrected chi connectivity index (χ1v) is 6.61. The van der Waals surface area contributed by atoms with Gasteiger partial charge in [0.15, 0.2) is 0 Å². The van der Waals surface area contributed by atoms with Gasteiger partial charge in [0.05, 0.1) is 6.10 Å². The number of carboxylic acid groups (broad SMARTS) is 1. The lowest BCUT2D eigenvalue weighted by molar-refractivity contribution is -0.133. The smallest absolute Gasteiger partial charge is 0.331 e. The molecule has 100 valence electrons. The van der Waals surface area contributed by atoms with Crippen molar-refractivity contribution in [2.45, 2.75) is 45.1 Å². The lowest BCUT2D eigenvalue weighted by Gasteiger charge is -2.50. The minimum atomic E-state index is -0.884. The van der Waals surface area contributed by atoms with Crippen LogP contribution in [0.2, 0.25) is 0 Å². The van der Waals surface area contributed by atoms with Crippen LogP contribution in [0.25, 0.3) is 0 Å². The fourth-order valence-electron chi connectivity index (χ4n) is 3.82. The highest BCUT2D eigenvalue weighted by Gasteiger charge is 2.46. The van der Waals surface area contributed by atoms with Crippen LogP contribution in [0.15, 0.2) is 24.3 Å². The second-order valence-electron chi connectivity index (χ2n) is 6.23. The molecule has 4 atom stereocenters. The Labute approximate surface area is 108 Å². The van der Waals surface area contributed by atoms with Gasteiger partial charge in [0, 0.05) is 5.57 Å². The Balaban J connectivity index is 2.16. The number of hydrogen-bond acceptors (Lipinski definition) is 2. The Morgan fingerprint density at radius 2 is 2.17 bits per heavy atom. The second-order valence-corrected chi connectivity index (χ2v) is 6.23. The lowest BCUT2D eigenvalue weighted by Crippen LogP contribution is -2.43. The zero-order chi connectivity index (χ0) is 13.5. The summed E-state index contributed by atoms with van der Waals surface area (Å²) < 4.78 is 0. The first-order valence-electron chi connectivity index (χ1n) is 6.61. The topological polar surface area (TPSA) is 57.5 Å². The van der Waals surface area contributed by atoms with Crippen molar-refractivity contribution in [1.29, 1.82) is 0 Å². The van der Waals surface area contributed by atoms with E-state index in [4.69, 9.17) is 5.11 Å². The highest BCUT2D eigenvalue weighted by atomic mass is 16.4. The SMILES string of the molecule is C=C(C(=O)O)[C@H]1CC[C@]2(C)C[C@@H](O)CC(=C)[C@H]2C1. The number of fused-ring (bicyclic) bond motifs is 1. The molecule has 0 heterocycles. The summed E-state index contributed by atoms with van der Waals surface area (Å²) in [5.74, 6) is -0.492. The van der Waals surface area contributed by atoms with E-state index in [-0.39, 0.29) is 17.4 Å². The molecular weight excluding hydrogens is 228 g/mol. The molecule has 2 aliphatic carbocycles. The maximum absolute atomic E-state index is 11.0. The van der Waals surface area contributed by atoms with Crippen molar-refractivity contribution in [2.75, 3.05) is 0 Å². The monoisotopic (exact) mass is 250 g/mol. The van der Waals surface area contributed by atoms with E-state index in [1.165, 1.54) is 0 Å². The third kappa shape index (κ3) is 2.24. The van der Waals surface area contributed by atoms with Gasteiger partial charge in [-0.1, -0.05) is 25.7 Å². The average molecular weight is 250 g/mol. The molecule has 0 spiro atoms. The zero-order valence-electron chi connectivity index (χ0n) is 11.0. The number of aliphatic carboxylic acids is 1. The lowest BCUT2D eigenvalue weighted by atomic mass is 9.55. The van der Waals surface area contributed by atoms with Crippen molar-refractivity contribution in [3.05, 3.63) is 24.3 Å². The Hall–Kier alpha value is -1.09. The summed E-state index contributed by atoms with van der Waals surface area (Å²) in [5, 5.41) is 18.9. The number of rotatable bonds is 2. The van der Waals surface area contributed by atoms with Crippen LogP contribution in [0, 0.1) is 17.3 Å². The van der Waals surface area contributed by atoms with Gasteiger partial charge >= 0.3 is 5.97 Å². The molecule has 2 rings (SSSR count). The van der Waals surface area contributed by atoms with Crippen molar-refractivity contribution < 1.29 is 15.0 Å². The number of aliphatic hydroxyl groups is 1. The Bertz CT molecular complexity index is 399. The molecule has 3 heteroatoms. The van der Waals surface area contributed by atoms with Gasteiger partial charge in [0.25, 0.3) is 0 Å². The van der Waals surface area contributed by atoms with Gasteiger partial charge in [0.1, 0.15) is 0 Å². The quantitative estimate of drug-likeness (QED) is 0.585. The molecule has 0 unspecified atom stereocenters. The molecule has 3 nitrogen and oxygen atoms in total. The summed E-state index contributed by atoms with van der Waals surface area (Å²) in [6, 6.07) is 0. The van der Waals surface area contributed by atoms with Crippen LogP contribution in [0.3, 0.4) is 0 Å². The third-order valence-corrected chi connectivity index (χ3v) is 4.89. The maximum Gasteiger partial charge on any atom is 0.331 e. The van der Waals surface area contributed by atoms with E-state index < -0.39 is 5.97 Å². The summed E-state index contributed by atoms with van der Waals surface area (Å²) in [4.78, 5) is 11.0. The van der Waals surface area contributed by atoms with Gasteiger partial charge in [0.2, 0.25) is 0 Å². The van der Waals surface area contributed by atoms with E-state index in [1.54, 1.807) is 0 Å². The number of aliphatic hydroxyl groups excluding tert-OH is 1. The number of hydrogen-bond donors (Lipinski definition) is 2. The largest absolute Gasteiger partial charge is 0.478 e. The fraction of sp³-hybridized carbons (Fsp3) is 0.667. The predicted molar refractivity (Wildman–Crippen MR) is 70.1 cm³/mol. The van der Waals surface area contributed by atoms with Gasteiger partial charge < -0.3 is 10.2 Å². The summed E-state index contributed by atoms with van der Waals surface area (Å²) >= 11 is 0. The molecule has 0 amide bonds. The number of carbonyl (C=O) groups is 1.